The Bertz CT molecular complexity index is 783. The first-order valence-electron chi connectivity index (χ1n) is 5.89. The van der Waals surface area contributed by atoms with Crippen LogP contribution in [0.2, 0.25) is 0 Å². The molecule has 19 heavy (non-hydrogen) atoms. The summed E-state index contributed by atoms with van der Waals surface area (Å²) in [4.78, 5) is 4.28. The minimum absolute atomic E-state index is 0.256. The third-order valence-corrected chi connectivity index (χ3v) is 3.03. The molecular weight excluding hydrogens is 241 g/mol. The van der Waals surface area contributed by atoms with Gasteiger partial charge in [0.1, 0.15) is 17.7 Å². The predicted molar refractivity (Wildman–Crippen MR) is 69.1 cm³/mol. The topological polar surface area (TPSA) is 41.1 Å². The van der Waals surface area contributed by atoms with Crippen LogP contribution in [-0.2, 0) is 6.42 Å². The Labute approximate surface area is 109 Å². The molecule has 0 amide bonds. The van der Waals surface area contributed by atoms with E-state index in [1.165, 1.54) is 6.07 Å². The summed E-state index contributed by atoms with van der Waals surface area (Å²) in [6.45, 7) is 0. The molecule has 3 nitrogen and oxygen atoms in total. The zero-order chi connectivity index (χ0) is 13.2. The van der Waals surface area contributed by atoms with E-state index in [9.17, 15) is 4.39 Å². The van der Waals surface area contributed by atoms with Gasteiger partial charge >= 0.3 is 0 Å². The van der Waals surface area contributed by atoms with Crippen molar-refractivity contribution in [2.24, 2.45) is 0 Å². The molecule has 0 spiro atoms. The van der Waals surface area contributed by atoms with Crippen molar-refractivity contribution in [1.82, 2.24) is 9.38 Å². The number of benzene rings is 1. The number of halogens is 1. The summed E-state index contributed by atoms with van der Waals surface area (Å²) in [6, 6.07) is 14.2. The highest BCUT2D eigenvalue weighted by Gasteiger charge is 2.12. The third kappa shape index (κ3) is 1.95. The molecule has 0 aliphatic heterocycles. The fourth-order valence-corrected chi connectivity index (χ4v) is 2.12. The van der Waals surface area contributed by atoms with Gasteiger partial charge < -0.3 is 4.40 Å². The largest absolute Gasteiger partial charge is 0.302 e. The molecule has 0 aliphatic rings. The van der Waals surface area contributed by atoms with E-state index in [2.05, 4.69) is 11.1 Å². The molecule has 0 N–H and O–H groups in total. The number of aromatic nitrogens is 2. The summed E-state index contributed by atoms with van der Waals surface area (Å²) in [5.74, 6) is 0.408. The minimum Gasteiger partial charge on any atom is -0.302 e. The van der Waals surface area contributed by atoms with E-state index < -0.39 is 0 Å². The van der Waals surface area contributed by atoms with Crippen LogP contribution in [0.15, 0.2) is 48.7 Å². The molecule has 0 unspecified atom stereocenters. The van der Waals surface area contributed by atoms with Gasteiger partial charge in [-0.15, -0.1) is 0 Å². The highest BCUT2D eigenvalue weighted by atomic mass is 19.1. The Morgan fingerprint density at radius 1 is 1.16 bits per heavy atom. The van der Waals surface area contributed by atoms with Crippen LogP contribution in [0.4, 0.5) is 4.39 Å². The Hall–Kier alpha value is -2.67. The number of pyridine rings is 1. The van der Waals surface area contributed by atoms with E-state index in [1.807, 2.05) is 28.8 Å². The van der Waals surface area contributed by atoms with Crippen LogP contribution >= 0.6 is 0 Å². The molecule has 0 radical (unpaired) electrons. The van der Waals surface area contributed by atoms with Crippen LogP contribution in [0.25, 0.3) is 5.52 Å². The molecule has 0 atom stereocenters. The van der Waals surface area contributed by atoms with E-state index in [0.29, 0.717) is 23.5 Å². The summed E-state index contributed by atoms with van der Waals surface area (Å²) < 4.78 is 15.5. The van der Waals surface area contributed by atoms with Gasteiger partial charge in [0.2, 0.25) is 0 Å². The molecule has 2 aromatic heterocycles. The van der Waals surface area contributed by atoms with Gasteiger partial charge in [-0.25, -0.2) is 9.37 Å². The van der Waals surface area contributed by atoms with Gasteiger partial charge in [-0.2, -0.15) is 5.26 Å². The van der Waals surface area contributed by atoms with Crippen LogP contribution < -0.4 is 0 Å². The third-order valence-electron chi connectivity index (χ3n) is 3.03. The Kier molecular flexibility index (Phi) is 2.73. The van der Waals surface area contributed by atoms with Crippen molar-refractivity contribution in [2.45, 2.75) is 6.42 Å². The summed E-state index contributed by atoms with van der Waals surface area (Å²) in [5.41, 5.74) is 1.69. The van der Waals surface area contributed by atoms with Crippen LogP contribution in [0.5, 0.6) is 0 Å². The van der Waals surface area contributed by atoms with Crippen molar-refractivity contribution in [3.8, 4) is 6.07 Å². The lowest BCUT2D eigenvalue weighted by Crippen LogP contribution is -1.98. The van der Waals surface area contributed by atoms with Crippen molar-refractivity contribution in [3.05, 3.63) is 71.6 Å². The lowest BCUT2D eigenvalue weighted by atomic mass is 10.1. The molecule has 0 bridgehead atoms. The molecule has 0 saturated carbocycles. The van der Waals surface area contributed by atoms with E-state index in [1.54, 1.807) is 18.2 Å². The lowest BCUT2D eigenvalue weighted by molar-refractivity contribution is 0.612. The van der Waals surface area contributed by atoms with E-state index >= 15 is 0 Å². The molecule has 92 valence electrons. The van der Waals surface area contributed by atoms with E-state index in [-0.39, 0.29) is 5.82 Å². The van der Waals surface area contributed by atoms with Gasteiger partial charge in [-0.05, 0) is 23.8 Å². The second-order valence-electron chi connectivity index (χ2n) is 4.21. The van der Waals surface area contributed by atoms with Crippen molar-refractivity contribution in [2.75, 3.05) is 0 Å². The van der Waals surface area contributed by atoms with Gasteiger partial charge in [0, 0.05) is 12.6 Å². The normalized spacial score (nSPS) is 10.5. The number of nitriles is 1. The second kappa shape index (κ2) is 4.54. The highest BCUT2D eigenvalue weighted by Crippen LogP contribution is 2.17. The predicted octanol–water partition coefficient (Wildman–Crippen LogP) is 2.94. The first-order chi connectivity index (χ1) is 9.29. The molecule has 0 aliphatic carbocycles. The fourth-order valence-electron chi connectivity index (χ4n) is 2.12. The number of rotatable bonds is 2. The maximum Gasteiger partial charge on any atom is 0.166 e. The molecule has 4 heteroatoms. The van der Waals surface area contributed by atoms with Gasteiger partial charge in [0.25, 0.3) is 0 Å². The zero-order valence-corrected chi connectivity index (χ0v) is 10.0. The number of nitrogens with zero attached hydrogens (tertiary/aromatic N) is 3. The SMILES string of the molecule is N#Cc1nc(Cc2ccccc2F)n2ccccc12. The lowest BCUT2D eigenvalue weighted by Gasteiger charge is -2.02. The fraction of sp³-hybridized carbons (Fsp3) is 0.0667. The van der Waals surface area contributed by atoms with E-state index in [0.717, 1.165) is 5.52 Å². The monoisotopic (exact) mass is 251 g/mol. The number of fused-ring (bicyclic) bond motifs is 1. The molecular formula is C15H10FN3. The van der Waals surface area contributed by atoms with E-state index in [4.69, 9.17) is 5.26 Å². The maximum atomic E-state index is 13.7. The molecule has 3 aromatic rings. The van der Waals surface area contributed by atoms with Crippen molar-refractivity contribution in [3.63, 3.8) is 0 Å². The zero-order valence-electron chi connectivity index (χ0n) is 10.0. The summed E-state index contributed by atoms with van der Waals surface area (Å²) in [7, 11) is 0. The minimum atomic E-state index is -0.256. The smallest absolute Gasteiger partial charge is 0.166 e. The van der Waals surface area contributed by atoms with Crippen LogP contribution in [0.3, 0.4) is 0 Å². The standard InChI is InChI=1S/C15H10FN3/c16-12-6-2-1-5-11(12)9-15-18-13(10-17)14-7-3-4-8-19(14)15/h1-8H,9H2. The number of imidazole rings is 1. The molecule has 0 saturated heterocycles. The quantitative estimate of drug-likeness (QED) is 0.702. The maximum absolute atomic E-state index is 13.7. The van der Waals surface area contributed by atoms with Crippen molar-refractivity contribution >= 4 is 5.52 Å². The Morgan fingerprint density at radius 3 is 2.74 bits per heavy atom. The molecule has 2 heterocycles. The van der Waals surface area contributed by atoms with Crippen LogP contribution in [0, 0.1) is 17.1 Å². The van der Waals surface area contributed by atoms with Gasteiger partial charge in [-0.1, -0.05) is 24.3 Å². The second-order valence-corrected chi connectivity index (χ2v) is 4.21. The molecule has 1 aromatic carbocycles. The highest BCUT2D eigenvalue weighted by molar-refractivity contribution is 5.58. The van der Waals surface area contributed by atoms with Crippen LogP contribution in [-0.4, -0.2) is 9.38 Å². The van der Waals surface area contributed by atoms with Gasteiger partial charge in [-0.3, -0.25) is 0 Å². The first-order valence-corrected chi connectivity index (χ1v) is 5.89. The van der Waals surface area contributed by atoms with Crippen molar-refractivity contribution in [1.29, 1.82) is 5.26 Å². The van der Waals surface area contributed by atoms with Gasteiger partial charge in [0.05, 0.1) is 5.52 Å². The molecule has 3 rings (SSSR count). The average Bonchev–Trinajstić information content (AvgIpc) is 2.80. The average molecular weight is 251 g/mol. The number of hydrogen-bond donors (Lipinski definition) is 0. The summed E-state index contributed by atoms with van der Waals surface area (Å²) >= 11 is 0. The number of hydrogen-bond acceptors (Lipinski definition) is 2. The van der Waals surface area contributed by atoms with Crippen LogP contribution in [0.1, 0.15) is 17.1 Å². The summed E-state index contributed by atoms with van der Waals surface area (Å²) in [5, 5.41) is 9.07. The van der Waals surface area contributed by atoms with Gasteiger partial charge in [0.15, 0.2) is 5.69 Å². The molecule has 0 fully saturated rings. The van der Waals surface area contributed by atoms with Crippen molar-refractivity contribution < 1.29 is 4.39 Å². The summed E-state index contributed by atoms with van der Waals surface area (Å²) in [6.07, 6.45) is 2.19. The first kappa shape index (κ1) is 11.4. The Balaban J connectivity index is 2.12. The Morgan fingerprint density at radius 2 is 1.95 bits per heavy atom.